The van der Waals surface area contributed by atoms with Crippen molar-refractivity contribution < 1.29 is 27.4 Å². The highest BCUT2D eigenvalue weighted by Crippen LogP contribution is 2.31. The average molecular weight is 367 g/mol. The summed E-state index contributed by atoms with van der Waals surface area (Å²) < 4.78 is 49.0. The van der Waals surface area contributed by atoms with Crippen LogP contribution in [0.25, 0.3) is 0 Å². The molecule has 9 heteroatoms. The van der Waals surface area contributed by atoms with Crippen LogP contribution in [0.3, 0.4) is 0 Å². The summed E-state index contributed by atoms with van der Waals surface area (Å²) in [6.45, 7) is 0.576. The normalized spacial score (nSPS) is 17.2. The zero-order chi connectivity index (χ0) is 18.6. The molecule has 0 saturated carbocycles. The fraction of sp³-hybridized carbons (Fsp3) is 0.353. The minimum Gasteiger partial charge on any atom is -0.482 e. The van der Waals surface area contributed by atoms with Crippen LogP contribution in [0.2, 0.25) is 0 Å². The Kier molecular flexibility index (Phi) is 5.24. The lowest BCUT2D eigenvalue weighted by Crippen LogP contribution is -2.34. The largest absolute Gasteiger partial charge is 0.482 e. The van der Waals surface area contributed by atoms with Crippen LogP contribution in [0.4, 0.5) is 13.2 Å². The molecule has 26 heavy (non-hydrogen) atoms. The van der Waals surface area contributed by atoms with Crippen LogP contribution >= 0.6 is 0 Å². The molecule has 1 aliphatic heterocycles. The Morgan fingerprint density at radius 3 is 2.88 bits per heavy atom. The van der Waals surface area contributed by atoms with Gasteiger partial charge in [-0.05, 0) is 18.2 Å². The van der Waals surface area contributed by atoms with Crippen molar-refractivity contribution in [3.8, 4) is 11.6 Å². The van der Waals surface area contributed by atoms with E-state index in [9.17, 15) is 18.0 Å². The number of likely N-dealkylation sites (tertiary alicyclic amines) is 1. The molecule has 2 aromatic rings. The Hall–Kier alpha value is -2.84. The van der Waals surface area contributed by atoms with E-state index in [4.69, 9.17) is 9.47 Å². The lowest BCUT2D eigenvalue weighted by atomic mass is 10.2. The molecule has 0 bridgehead atoms. The molecule has 1 unspecified atom stereocenters. The van der Waals surface area contributed by atoms with Gasteiger partial charge in [-0.25, -0.2) is 4.98 Å². The quantitative estimate of drug-likeness (QED) is 0.813. The fourth-order valence-electron chi connectivity index (χ4n) is 2.54. The first-order valence-corrected chi connectivity index (χ1v) is 7.92. The van der Waals surface area contributed by atoms with Crippen LogP contribution in [-0.2, 0) is 11.0 Å². The number of amides is 1. The summed E-state index contributed by atoms with van der Waals surface area (Å²) in [6, 6.07) is 5.13. The van der Waals surface area contributed by atoms with Crippen LogP contribution in [0.15, 0.2) is 42.9 Å². The molecular formula is C17H16F3N3O3. The van der Waals surface area contributed by atoms with Crippen LogP contribution in [0, 0.1) is 0 Å². The third-order valence-electron chi connectivity index (χ3n) is 3.84. The number of halogens is 3. The molecule has 0 radical (unpaired) electrons. The lowest BCUT2D eigenvalue weighted by molar-refractivity contribution is -0.137. The summed E-state index contributed by atoms with van der Waals surface area (Å²) in [4.78, 5) is 21.4. The Bertz CT molecular complexity index is 756. The second-order valence-corrected chi connectivity index (χ2v) is 5.73. The van der Waals surface area contributed by atoms with Gasteiger partial charge in [-0.3, -0.25) is 9.78 Å². The zero-order valence-corrected chi connectivity index (χ0v) is 13.6. The van der Waals surface area contributed by atoms with Gasteiger partial charge in [-0.15, -0.1) is 0 Å². The second-order valence-electron chi connectivity index (χ2n) is 5.73. The molecular weight excluding hydrogens is 351 g/mol. The third-order valence-corrected chi connectivity index (χ3v) is 3.84. The highest BCUT2D eigenvalue weighted by molar-refractivity contribution is 5.78. The van der Waals surface area contributed by atoms with Crippen molar-refractivity contribution in [1.29, 1.82) is 0 Å². The molecule has 3 rings (SSSR count). The summed E-state index contributed by atoms with van der Waals surface area (Å²) in [5.41, 5.74) is -0.821. The number of carbonyl (C=O) groups excluding carboxylic acids is 1. The van der Waals surface area contributed by atoms with Gasteiger partial charge in [-0.1, -0.05) is 0 Å². The molecule has 3 heterocycles. The summed E-state index contributed by atoms with van der Waals surface area (Å²) in [6.07, 6.45) is -0.203. The van der Waals surface area contributed by atoms with Crippen molar-refractivity contribution in [3.63, 3.8) is 0 Å². The van der Waals surface area contributed by atoms with Gasteiger partial charge < -0.3 is 14.4 Å². The predicted molar refractivity (Wildman–Crippen MR) is 84.6 cm³/mol. The van der Waals surface area contributed by atoms with Gasteiger partial charge in [0.05, 0.1) is 18.3 Å². The Morgan fingerprint density at radius 2 is 2.15 bits per heavy atom. The van der Waals surface area contributed by atoms with E-state index in [1.54, 1.807) is 23.2 Å². The Morgan fingerprint density at radius 1 is 1.31 bits per heavy atom. The number of alkyl halides is 3. The number of rotatable bonds is 5. The summed E-state index contributed by atoms with van der Waals surface area (Å²) >= 11 is 0. The van der Waals surface area contributed by atoms with Crippen molar-refractivity contribution in [3.05, 3.63) is 48.4 Å². The molecule has 6 nitrogen and oxygen atoms in total. The lowest BCUT2D eigenvalue weighted by Gasteiger charge is -2.17. The van der Waals surface area contributed by atoms with Crippen LogP contribution in [-0.4, -0.2) is 46.6 Å². The monoisotopic (exact) mass is 367 g/mol. The van der Waals surface area contributed by atoms with Crippen molar-refractivity contribution in [1.82, 2.24) is 14.9 Å². The third kappa shape index (κ3) is 4.62. The van der Waals surface area contributed by atoms with E-state index in [1.807, 2.05) is 0 Å². The van der Waals surface area contributed by atoms with Crippen LogP contribution in [0.1, 0.15) is 12.0 Å². The van der Waals surface area contributed by atoms with E-state index in [-0.39, 0.29) is 24.9 Å². The second kappa shape index (κ2) is 7.59. The molecule has 1 aliphatic rings. The smallest absolute Gasteiger partial charge is 0.416 e. The van der Waals surface area contributed by atoms with Gasteiger partial charge in [0, 0.05) is 31.4 Å². The first-order valence-electron chi connectivity index (χ1n) is 7.92. The predicted octanol–water partition coefficient (Wildman–Crippen LogP) is 2.55. The molecule has 0 aromatic carbocycles. The first kappa shape index (κ1) is 18.0. The maximum Gasteiger partial charge on any atom is 0.416 e. The van der Waals surface area contributed by atoms with Gasteiger partial charge in [0.15, 0.2) is 6.61 Å². The van der Waals surface area contributed by atoms with Crippen molar-refractivity contribution in [2.45, 2.75) is 18.7 Å². The first-order chi connectivity index (χ1) is 12.4. The maximum absolute atomic E-state index is 12.7. The van der Waals surface area contributed by atoms with Crippen molar-refractivity contribution in [2.24, 2.45) is 0 Å². The summed E-state index contributed by atoms with van der Waals surface area (Å²) in [5, 5.41) is 0. The van der Waals surface area contributed by atoms with E-state index in [2.05, 4.69) is 9.97 Å². The fourth-order valence-corrected chi connectivity index (χ4v) is 2.54. The number of ether oxygens (including phenoxy) is 2. The summed E-state index contributed by atoms with van der Waals surface area (Å²) in [7, 11) is 0. The minimum absolute atomic E-state index is 0.106. The molecule has 1 fully saturated rings. The molecule has 0 spiro atoms. The molecule has 0 N–H and O–H groups in total. The standard InChI is InChI=1S/C17H16F3N3O3/c18-17(19,20)12-3-6-22-15(8-12)26-14-4-7-23(10-14)16(24)11-25-13-2-1-5-21-9-13/h1-3,5-6,8-9,14H,4,7,10-11H2. The SMILES string of the molecule is O=C(COc1cccnc1)N1CCC(Oc2cc(C(F)(F)F)ccn2)C1. The summed E-state index contributed by atoms with van der Waals surface area (Å²) in [5.74, 6) is 0.156. The average Bonchev–Trinajstić information content (AvgIpc) is 3.09. The highest BCUT2D eigenvalue weighted by Gasteiger charge is 2.32. The van der Waals surface area contributed by atoms with Crippen LogP contribution in [0.5, 0.6) is 11.6 Å². The number of aromatic nitrogens is 2. The molecule has 1 amide bonds. The van der Waals surface area contributed by atoms with Gasteiger partial charge in [0.1, 0.15) is 11.9 Å². The van der Waals surface area contributed by atoms with E-state index < -0.39 is 17.8 Å². The minimum atomic E-state index is -4.46. The Balaban J connectivity index is 1.51. The molecule has 2 aromatic heterocycles. The number of carbonyl (C=O) groups is 1. The van der Waals surface area contributed by atoms with Gasteiger partial charge in [0.25, 0.3) is 5.91 Å². The van der Waals surface area contributed by atoms with Crippen molar-refractivity contribution in [2.75, 3.05) is 19.7 Å². The topological polar surface area (TPSA) is 64.5 Å². The number of nitrogens with zero attached hydrogens (tertiary/aromatic N) is 3. The highest BCUT2D eigenvalue weighted by atomic mass is 19.4. The van der Waals surface area contributed by atoms with Gasteiger partial charge in [0.2, 0.25) is 5.88 Å². The van der Waals surface area contributed by atoms with E-state index >= 15 is 0 Å². The number of hydrogen-bond acceptors (Lipinski definition) is 5. The number of pyridine rings is 2. The van der Waals surface area contributed by atoms with Crippen molar-refractivity contribution >= 4 is 5.91 Å². The maximum atomic E-state index is 12.7. The molecule has 138 valence electrons. The zero-order valence-electron chi connectivity index (χ0n) is 13.6. The van der Waals surface area contributed by atoms with E-state index in [0.29, 0.717) is 18.7 Å². The molecule has 1 atom stereocenters. The Labute approximate surface area is 147 Å². The molecule has 1 saturated heterocycles. The van der Waals surface area contributed by atoms with E-state index in [1.165, 1.54) is 6.20 Å². The molecule has 0 aliphatic carbocycles. The number of hydrogen-bond donors (Lipinski definition) is 0. The van der Waals surface area contributed by atoms with Crippen LogP contribution < -0.4 is 9.47 Å². The van der Waals surface area contributed by atoms with E-state index in [0.717, 1.165) is 18.3 Å². The van der Waals surface area contributed by atoms with Gasteiger partial charge >= 0.3 is 6.18 Å². The van der Waals surface area contributed by atoms with Gasteiger partial charge in [-0.2, -0.15) is 13.2 Å².